The van der Waals surface area contributed by atoms with Gasteiger partial charge >= 0.3 is 0 Å². The minimum atomic E-state index is -0.683. The highest BCUT2D eigenvalue weighted by Crippen LogP contribution is 2.31. The van der Waals surface area contributed by atoms with E-state index in [9.17, 15) is 4.79 Å². The number of carbonyl (C=O) groups excluding carboxylic acids is 1. The zero-order valence-electron chi connectivity index (χ0n) is 18.4. The van der Waals surface area contributed by atoms with Crippen molar-refractivity contribution >= 4 is 34.5 Å². The lowest BCUT2D eigenvalue weighted by atomic mass is 10.2. The number of hydrogen-bond donors (Lipinski definition) is 1. The van der Waals surface area contributed by atoms with Gasteiger partial charge in [0.25, 0.3) is 5.91 Å². The molecule has 33 heavy (non-hydrogen) atoms. The molecule has 5 rings (SSSR count). The number of benzene rings is 1. The number of para-hydroxylation sites is 2. The van der Waals surface area contributed by atoms with E-state index in [-0.39, 0.29) is 12.5 Å². The molecule has 4 heterocycles. The molecular weight excluding hydrogens is 444 g/mol. The van der Waals surface area contributed by atoms with Gasteiger partial charge in [-0.2, -0.15) is 5.10 Å². The molecule has 3 aromatic rings. The average molecular weight is 471 g/mol. The molecule has 1 saturated heterocycles. The fourth-order valence-electron chi connectivity index (χ4n) is 3.84. The van der Waals surface area contributed by atoms with Crippen LogP contribution in [0.15, 0.2) is 35.6 Å². The minimum Gasteiger partial charge on any atom is -0.485 e. The summed E-state index contributed by atoms with van der Waals surface area (Å²) < 4.78 is 18.7. The van der Waals surface area contributed by atoms with Gasteiger partial charge in [0.05, 0.1) is 31.3 Å². The van der Waals surface area contributed by atoms with Crippen molar-refractivity contribution in [3.05, 3.63) is 30.5 Å². The number of nitrogens with zero attached hydrogens (tertiary/aromatic N) is 5. The number of aromatic nitrogens is 4. The second-order valence-corrected chi connectivity index (χ2v) is 8.85. The molecule has 0 spiro atoms. The van der Waals surface area contributed by atoms with Crippen molar-refractivity contribution < 1.29 is 19.0 Å². The smallest absolute Gasteiger partial charge is 0.264 e. The fourth-order valence-corrected chi connectivity index (χ4v) is 4.40. The lowest BCUT2D eigenvalue weighted by molar-refractivity contribution is -0.130. The van der Waals surface area contributed by atoms with E-state index in [1.807, 2.05) is 22.9 Å². The van der Waals surface area contributed by atoms with E-state index in [4.69, 9.17) is 24.2 Å². The predicted octanol–water partition coefficient (Wildman–Crippen LogP) is 1.73. The second-order valence-electron chi connectivity index (χ2n) is 7.62. The van der Waals surface area contributed by atoms with E-state index in [1.54, 1.807) is 24.0 Å². The summed E-state index contributed by atoms with van der Waals surface area (Å²) in [6.07, 6.45) is 1.12. The molecule has 10 nitrogen and oxygen atoms in total. The lowest BCUT2D eigenvalue weighted by Crippen LogP contribution is -2.44. The Labute approximate surface area is 195 Å². The van der Waals surface area contributed by atoms with Crippen LogP contribution in [-0.2, 0) is 16.1 Å². The first-order chi connectivity index (χ1) is 16.2. The van der Waals surface area contributed by atoms with Crippen LogP contribution in [-0.4, -0.2) is 77.0 Å². The minimum absolute atomic E-state index is 0.182. The van der Waals surface area contributed by atoms with Crippen LogP contribution in [0.3, 0.4) is 0 Å². The first-order valence-electron chi connectivity index (χ1n) is 11.1. The number of amides is 1. The van der Waals surface area contributed by atoms with Crippen molar-refractivity contribution in [1.82, 2.24) is 25.1 Å². The van der Waals surface area contributed by atoms with Gasteiger partial charge in [-0.15, -0.1) is 0 Å². The summed E-state index contributed by atoms with van der Waals surface area (Å²) in [7, 11) is 0. The molecule has 2 aliphatic rings. The zero-order chi connectivity index (χ0) is 22.6. The molecular formula is C22H26N6O4S. The Hall–Kier alpha value is -3.05. The summed E-state index contributed by atoms with van der Waals surface area (Å²) in [6, 6.07) is 7.34. The van der Waals surface area contributed by atoms with Crippen LogP contribution >= 0.6 is 11.8 Å². The highest BCUT2D eigenvalue weighted by Gasteiger charge is 2.27. The molecule has 1 N–H and O–H groups in total. The van der Waals surface area contributed by atoms with E-state index in [1.165, 1.54) is 0 Å². The van der Waals surface area contributed by atoms with Crippen molar-refractivity contribution in [2.75, 3.05) is 50.1 Å². The number of rotatable bonds is 7. The van der Waals surface area contributed by atoms with Gasteiger partial charge in [0.1, 0.15) is 12.4 Å². The number of nitrogens with one attached hydrogen (secondary N) is 1. The number of hydrogen-bond acceptors (Lipinski definition) is 9. The maximum absolute atomic E-state index is 12.6. The SMILES string of the molecule is CCSc1nc(N2CCOCC2)c2cnn(CCNC(=O)C3COc4ccccc4O3)c2n1. The van der Waals surface area contributed by atoms with Crippen molar-refractivity contribution in [2.24, 2.45) is 0 Å². The molecule has 0 bridgehead atoms. The first-order valence-corrected chi connectivity index (χ1v) is 12.1. The molecule has 11 heteroatoms. The maximum atomic E-state index is 12.6. The Kier molecular flexibility index (Phi) is 6.49. The summed E-state index contributed by atoms with van der Waals surface area (Å²) in [6.45, 7) is 6.07. The van der Waals surface area contributed by atoms with Gasteiger partial charge in [0.15, 0.2) is 22.3 Å². The molecule has 0 saturated carbocycles. The third kappa shape index (κ3) is 4.69. The van der Waals surface area contributed by atoms with Gasteiger partial charge in [0, 0.05) is 19.6 Å². The molecule has 0 radical (unpaired) electrons. The van der Waals surface area contributed by atoms with E-state index in [0.29, 0.717) is 37.8 Å². The Balaban J connectivity index is 1.27. The van der Waals surface area contributed by atoms with Crippen LogP contribution in [0.5, 0.6) is 11.5 Å². The Morgan fingerprint density at radius 2 is 2.03 bits per heavy atom. The number of anilines is 1. The van der Waals surface area contributed by atoms with E-state index in [0.717, 1.165) is 40.9 Å². The van der Waals surface area contributed by atoms with Crippen LogP contribution < -0.4 is 19.7 Å². The van der Waals surface area contributed by atoms with Crippen LogP contribution in [0.4, 0.5) is 5.82 Å². The molecule has 1 amide bonds. The standard InChI is InChI=1S/C22H26N6O4S/c1-2-33-22-25-19(27-9-11-30-12-10-27)15-13-24-28(20(15)26-22)8-7-23-21(29)18-14-31-16-5-3-4-6-17(16)32-18/h3-6,13,18H,2,7-12,14H2,1H3,(H,23,29). The summed E-state index contributed by atoms with van der Waals surface area (Å²) in [5, 5.41) is 9.09. The molecule has 2 aliphatic heterocycles. The quantitative estimate of drug-likeness (QED) is 0.408. The zero-order valence-corrected chi connectivity index (χ0v) is 19.2. The third-order valence-electron chi connectivity index (χ3n) is 5.46. The monoisotopic (exact) mass is 470 g/mol. The highest BCUT2D eigenvalue weighted by atomic mass is 32.2. The van der Waals surface area contributed by atoms with Crippen LogP contribution in [0.1, 0.15) is 6.92 Å². The Morgan fingerprint density at radius 1 is 1.21 bits per heavy atom. The van der Waals surface area contributed by atoms with Gasteiger partial charge in [-0.1, -0.05) is 30.8 Å². The van der Waals surface area contributed by atoms with Crippen molar-refractivity contribution in [3.8, 4) is 11.5 Å². The molecule has 2 aromatic heterocycles. The van der Waals surface area contributed by atoms with Crippen LogP contribution in [0, 0.1) is 0 Å². The highest BCUT2D eigenvalue weighted by molar-refractivity contribution is 7.99. The molecule has 174 valence electrons. The topological polar surface area (TPSA) is 104 Å². The summed E-state index contributed by atoms with van der Waals surface area (Å²) in [4.78, 5) is 24.3. The van der Waals surface area contributed by atoms with E-state index >= 15 is 0 Å². The van der Waals surface area contributed by atoms with Crippen molar-refractivity contribution in [1.29, 1.82) is 0 Å². The van der Waals surface area contributed by atoms with E-state index < -0.39 is 6.10 Å². The molecule has 0 aliphatic carbocycles. The van der Waals surface area contributed by atoms with Gasteiger partial charge in [0.2, 0.25) is 6.10 Å². The molecule has 1 unspecified atom stereocenters. The lowest BCUT2D eigenvalue weighted by Gasteiger charge is -2.28. The number of morpholine rings is 1. The van der Waals surface area contributed by atoms with E-state index in [2.05, 4.69) is 22.2 Å². The van der Waals surface area contributed by atoms with Gasteiger partial charge in [-0.3, -0.25) is 4.79 Å². The average Bonchev–Trinajstić information content (AvgIpc) is 3.26. The van der Waals surface area contributed by atoms with Gasteiger partial charge in [-0.05, 0) is 17.9 Å². The number of ether oxygens (including phenoxy) is 3. The van der Waals surface area contributed by atoms with Crippen LogP contribution in [0.25, 0.3) is 11.0 Å². The molecule has 1 fully saturated rings. The normalized spacial score (nSPS) is 17.8. The fraction of sp³-hybridized carbons (Fsp3) is 0.455. The Bertz CT molecular complexity index is 1130. The summed E-state index contributed by atoms with van der Waals surface area (Å²) in [5.74, 6) is 2.79. The van der Waals surface area contributed by atoms with Gasteiger partial charge in [-0.25, -0.2) is 14.6 Å². The molecule has 1 aromatic carbocycles. The number of carbonyl (C=O) groups is 1. The van der Waals surface area contributed by atoms with Crippen molar-refractivity contribution in [2.45, 2.75) is 24.7 Å². The second kappa shape index (κ2) is 9.84. The maximum Gasteiger partial charge on any atom is 0.264 e. The Morgan fingerprint density at radius 3 is 2.85 bits per heavy atom. The number of fused-ring (bicyclic) bond motifs is 2. The summed E-state index contributed by atoms with van der Waals surface area (Å²) >= 11 is 1.60. The number of thioether (sulfide) groups is 1. The van der Waals surface area contributed by atoms with Crippen molar-refractivity contribution in [3.63, 3.8) is 0 Å². The molecule has 1 atom stereocenters. The van der Waals surface area contributed by atoms with Gasteiger partial charge < -0.3 is 24.4 Å². The predicted molar refractivity (Wildman–Crippen MR) is 124 cm³/mol. The largest absolute Gasteiger partial charge is 0.485 e. The van der Waals surface area contributed by atoms with Crippen LogP contribution in [0.2, 0.25) is 0 Å². The first kappa shape index (κ1) is 21.8. The summed E-state index contributed by atoms with van der Waals surface area (Å²) in [5.41, 5.74) is 0.767. The third-order valence-corrected chi connectivity index (χ3v) is 6.19.